The molecule has 0 radical (unpaired) electrons. The molecule has 82 valence electrons. The Morgan fingerprint density at radius 3 is 2.57 bits per heavy atom. The van der Waals surface area contributed by atoms with Gasteiger partial charge in [-0.1, -0.05) is 6.42 Å². The molecule has 0 bridgehead atoms. The van der Waals surface area contributed by atoms with E-state index in [0.29, 0.717) is 12.8 Å². The van der Waals surface area contributed by atoms with Gasteiger partial charge >= 0.3 is 0 Å². The lowest BCUT2D eigenvalue weighted by molar-refractivity contribution is -0.119. The molecule has 5 heteroatoms. The molecule has 2 N–H and O–H groups in total. The number of amides is 1. The third kappa shape index (κ3) is 3.29. The number of primary amides is 1. The molecule has 0 aliphatic heterocycles. The minimum atomic E-state index is -2.95. The van der Waals surface area contributed by atoms with Crippen molar-refractivity contribution in [1.82, 2.24) is 0 Å². The van der Waals surface area contributed by atoms with Gasteiger partial charge in [0.15, 0.2) is 0 Å². The fraction of sp³-hybridized carbons (Fsp3) is 0.889. The second-order valence-corrected chi connectivity index (χ2v) is 6.48. The number of carbonyl (C=O) groups excluding carboxylic acids is 1. The van der Waals surface area contributed by atoms with Crippen molar-refractivity contribution >= 4 is 15.7 Å². The number of rotatable bonds is 3. The molecule has 1 saturated carbocycles. The standard InChI is InChI=1S/C9H17NO3S/c1-14(12,13)8-4-2-3-7(5-8)6-9(10)11/h7-8H,2-6H2,1H3,(H2,10,11). The lowest BCUT2D eigenvalue weighted by Crippen LogP contribution is -2.29. The zero-order valence-corrected chi connectivity index (χ0v) is 9.22. The Labute approximate surface area is 84.8 Å². The first kappa shape index (κ1) is 11.5. The molecule has 0 heterocycles. The molecule has 1 amide bonds. The van der Waals surface area contributed by atoms with Crippen molar-refractivity contribution in [3.05, 3.63) is 0 Å². The number of nitrogens with two attached hydrogens (primary N) is 1. The minimum Gasteiger partial charge on any atom is -0.370 e. The van der Waals surface area contributed by atoms with Crippen LogP contribution in [0.15, 0.2) is 0 Å². The highest BCUT2D eigenvalue weighted by Gasteiger charge is 2.29. The van der Waals surface area contributed by atoms with Gasteiger partial charge in [0.25, 0.3) is 0 Å². The van der Waals surface area contributed by atoms with E-state index in [0.717, 1.165) is 19.3 Å². The second kappa shape index (κ2) is 4.29. The van der Waals surface area contributed by atoms with E-state index in [1.807, 2.05) is 0 Å². The highest BCUT2D eigenvalue weighted by molar-refractivity contribution is 7.91. The largest absolute Gasteiger partial charge is 0.370 e. The summed E-state index contributed by atoms with van der Waals surface area (Å²) in [5, 5.41) is -0.263. The van der Waals surface area contributed by atoms with E-state index in [4.69, 9.17) is 5.73 Å². The summed E-state index contributed by atoms with van der Waals surface area (Å²) in [4.78, 5) is 10.7. The van der Waals surface area contributed by atoms with Crippen LogP contribution in [0.5, 0.6) is 0 Å². The van der Waals surface area contributed by atoms with Gasteiger partial charge in [0.2, 0.25) is 5.91 Å². The predicted molar refractivity (Wildman–Crippen MR) is 54.4 cm³/mol. The van der Waals surface area contributed by atoms with E-state index in [-0.39, 0.29) is 17.1 Å². The summed E-state index contributed by atoms with van der Waals surface area (Å²) in [5.41, 5.74) is 5.09. The van der Waals surface area contributed by atoms with Crippen molar-refractivity contribution in [1.29, 1.82) is 0 Å². The van der Waals surface area contributed by atoms with Gasteiger partial charge in [0.05, 0.1) is 5.25 Å². The van der Waals surface area contributed by atoms with Crippen LogP contribution in [-0.4, -0.2) is 25.8 Å². The first-order valence-corrected chi connectivity index (χ1v) is 6.82. The van der Waals surface area contributed by atoms with Crippen molar-refractivity contribution in [2.75, 3.05) is 6.26 Å². The van der Waals surface area contributed by atoms with Crippen LogP contribution in [0.3, 0.4) is 0 Å². The van der Waals surface area contributed by atoms with Crippen LogP contribution < -0.4 is 5.73 Å². The summed E-state index contributed by atoms with van der Waals surface area (Å²) in [5.74, 6) is -0.162. The first-order chi connectivity index (χ1) is 6.39. The van der Waals surface area contributed by atoms with Crippen LogP contribution in [0.4, 0.5) is 0 Å². The quantitative estimate of drug-likeness (QED) is 0.749. The van der Waals surface area contributed by atoms with E-state index >= 15 is 0 Å². The van der Waals surface area contributed by atoms with Crippen molar-refractivity contribution in [3.8, 4) is 0 Å². The number of carbonyl (C=O) groups is 1. The number of hydrogen-bond acceptors (Lipinski definition) is 3. The van der Waals surface area contributed by atoms with Crippen molar-refractivity contribution < 1.29 is 13.2 Å². The summed E-state index contributed by atoms with van der Waals surface area (Å²) >= 11 is 0. The van der Waals surface area contributed by atoms with Crippen LogP contribution in [0.2, 0.25) is 0 Å². The van der Waals surface area contributed by atoms with Gasteiger partial charge in [0.1, 0.15) is 9.84 Å². The molecule has 1 aliphatic rings. The average Bonchev–Trinajstić information content (AvgIpc) is 2.01. The van der Waals surface area contributed by atoms with Crippen molar-refractivity contribution in [2.24, 2.45) is 11.7 Å². The Morgan fingerprint density at radius 1 is 1.43 bits per heavy atom. The Morgan fingerprint density at radius 2 is 2.07 bits per heavy atom. The Hall–Kier alpha value is -0.580. The van der Waals surface area contributed by atoms with Gasteiger partial charge < -0.3 is 5.73 Å². The minimum absolute atomic E-state index is 0.168. The van der Waals surface area contributed by atoms with Crippen LogP contribution in [0, 0.1) is 5.92 Å². The van der Waals surface area contributed by atoms with Crippen molar-refractivity contribution in [2.45, 2.75) is 37.4 Å². The lowest BCUT2D eigenvalue weighted by atomic mass is 9.86. The van der Waals surface area contributed by atoms with Crippen LogP contribution >= 0.6 is 0 Å². The summed E-state index contributed by atoms with van der Waals surface area (Å²) in [6, 6.07) is 0. The summed E-state index contributed by atoms with van der Waals surface area (Å²) in [6.07, 6.45) is 4.73. The third-order valence-electron chi connectivity index (χ3n) is 2.83. The van der Waals surface area contributed by atoms with E-state index in [1.165, 1.54) is 6.26 Å². The fourth-order valence-corrected chi connectivity index (χ4v) is 3.32. The average molecular weight is 219 g/mol. The Kier molecular flexibility index (Phi) is 3.53. The second-order valence-electron chi connectivity index (χ2n) is 4.15. The molecular formula is C9H17NO3S. The summed E-state index contributed by atoms with van der Waals surface area (Å²) in [7, 11) is -2.95. The maximum absolute atomic E-state index is 11.3. The number of hydrogen-bond donors (Lipinski definition) is 1. The fourth-order valence-electron chi connectivity index (χ4n) is 2.10. The Balaban J connectivity index is 2.56. The van der Waals surface area contributed by atoms with Crippen LogP contribution in [0.25, 0.3) is 0 Å². The number of sulfone groups is 1. The SMILES string of the molecule is CS(=O)(=O)C1CCCC(CC(N)=O)C1. The van der Waals surface area contributed by atoms with Crippen molar-refractivity contribution in [3.63, 3.8) is 0 Å². The maximum atomic E-state index is 11.3. The molecule has 0 aromatic carbocycles. The molecule has 1 rings (SSSR count). The zero-order valence-electron chi connectivity index (χ0n) is 8.40. The molecule has 0 aromatic heterocycles. The molecule has 4 nitrogen and oxygen atoms in total. The molecule has 14 heavy (non-hydrogen) atoms. The topological polar surface area (TPSA) is 77.2 Å². The molecule has 1 fully saturated rings. The third-order valence-corrected chi connectivity index (χ3v) is 4.47. The van der Waals surface area contributed by atoms with E-state index in [2.05, 4.69) is 0 Å². The highest BCUT2D eigenvalue weighted by atomic mass is 32.2. The van der Waals surface area contributed by atoms with E-state index in [9.17, 15) is 13.2 Å². The smallest absolute Gasteiger partial charge is 0.217 e. The van der Waals surface area contributed by atoms with Gasteiger partial charge in [-0.25, -0.2) is 8.42 Å². The van der Waals surface area contributed by atoms with E-state index in [1.54, 1.807) is 0 Å². The molecule has 0 saturated heterocycles. The highest BCUT2D eigenvalue weighted by Crippen LogP contribution is 2.30. The maximum Gasteiger partial charge on any atom is 0.217 e. The van der Waals surface area contributed by atoms with Gasteiger partial charge in [0, 0.05) is 12.7 Å². The predicted octanol–water partition coefficient (Wildman–Crippen LogP) is 0.465. The van der Waals surface area contributed by atoms with E-state index < -0.39 is 9.84 Å². The van der Waals surface area contributed by atoms with Crippen LogP contribution in [0.1, 0.15) is 32.1 Å². The first-order valence-electron chi connectivity index (χ1n) is 4.86. The van der Waals surface area contributed by atoms with Gasteiger partial charge in [-0.2, -0.15) is 0 Å². The summed E-state index contributed by atoms with van der Waals surface area (Å²) < 4.78 is 22.6. The summed E-state index contributed by atoms with van der Waals surface area (Å²) in [6.45, 7) is 0. The van der Waals surface area contributed by atoms with Gasteiger partial charge in [-0.05, 0) is 25.2 Å². The monoisotopic (exact) mass is 219 g/mol. The lowest BCUT2D eigenvalue weighted by Gasteiger charge is -2.26. The molecule has 1 aliphatic carbocycles. The molecule has 0 spiro atoms. The molecule has 0 aromatic rings. The molecular weight excluding hydrogens is 202 g/mol. The van der Waals surface area contributed by atoms with Gasteiger partial charge in [-0.15, -0.1) is 0 Å². The molecule has 2 unspecified atom stereocenters. The molecule has 2 atom stereocenters. The zero-order chi connectivity index (χ0) is 10.8. The van der Waals surface area contributed by atoms with Gasteiger partial charge in [-0.3, -0.25) is 4.79 Å². The normalized spacial score (nSPS) is 28.6. The Bertz CT molecular complexity index is 310. The van der Waals surface area contributed by atoms with Crippen LogP contribution in [-0.2, 0) is 14.6 Å².